The van der Waals surface area contributed by atoms with Crippen LogP contribution in [-0.4, -0.2) is 61.8 Å². The predicted molar refractivity (Wildman–Crippen MR) is 192 cm³/mol. The topological polar surface area (TPSA) is 99.2 Å². The number of ether oxygens (including phenoxy) is 4. The van der Waals surface area contributed by atoms with E-state index < -0.39 is 29.9 Å². The highest BCUT2D eigenvalue weighted by molar-refractivity contribution is 6.35. The summed E-state index contributed by atoms with van der Waals surface area (Å²) in [4.78, 5) is 33.2. The van der Waals surface area contributed by atoms with Gasteiger partial charge in [0.15, 0.2) is 11.5 Å². The molecule has 1 N–H and O–H groups in total. The monoisotopic (exact) mass is 735 g/mol. The van der Waals surface area contributed by atoms with Crippen LogP contribution in [-0.2, 0) is 38.4 Å². The third kappa shape index (κ3) is 8.99. The molecule has 3 aliphatic rings. The van der Waals surface area contributed by atoms with Gasteiger partial charge in [-0.25, -0.2) is 9.18 Å². The van der Waals surface area contributed by atoms with Crippen molar-refractivity contribution in [3.63, 3.8) is 0 Å². The number of aromatic nitrogens is 1. The van der Waals surface area contributed by atoms with Crippen LogP contribution in [0.1, 0.15) is 52.8 Å². The minimum Gasteiger partial charge on any atom is -0.493 e. The average molecular weight is 737 g/mol. The Morgan fingerprint density at radius 3 is 2.27 bits per heavy atom. The number of esters is 2. The highest BCUT2D eigenvalue weighted by Crippen LogP contribution is 2.36. The van der Waals surface area contributed by atoms with E-state index in [-0.39, 0.29) is 31.1 Å². The van der Waals surface area contributed by atoms with Gasteiger partial charge in [0.05, 0.1) is 30.7 Å². The molecule has 3 saturated heterocycles. The number of fused-ring (bicyclic) bond motifs is 3. The largest absolute Gasteiger partial charge is 0.493 e. The van der Waals surface area contributed by atoms with Gasteiger partial charge in [-0.2, -0.15) is 0 Å². The number of nitrogens with one attached hydrogen (secondary N) is 1. The van der Waals surface area contributed by atoms with Crippen LogP contribution in [0.5, 0.6) is 11.5 Å². The maximum Gasteiger partial charge on any atom is 0.328 e. The number of piperidine rings is 3. The number of pyridine rings is 1. The summed E-state index contributed by atoms with van der Waals surface area (Å²) in [5.74, 6) is -0.0767. The molecule has 0 aliphatic carbocycles. The fraction of sp³-hybridized carbons (Fsp3) is 0.359. The van der Waals surface area contributed by atoms with Crippen molar-refractivity contribution in [2.75, 3.05) is 33.9 Å². The molecule has 1 aromatic heterocycles. The smallest absolute Gasteiger partial charge is 0.328 e. The van der Waals surface area contributed by atoms with E-state index in [1.807, 2.05) is 24.3 Å². The molecule has 3 atom stereocenters. The van der Waals surface area contributed by atoms with Crippen molar-refractivity contribution in [3.8, 4) is 11.5 Å². The molecule has 3 fully saturated rings. The quantitative estimate of drug-likeness (QED) is 0.136. The van der Waals surface area contributed by atoms with Gasteiger partial charge in [0.2, 0.25) is 0 Å². The summed E-state index contributed by atoms with van der Waals surface area (Å²) in [6.45, 7) is 3.03. The second-order valence-corrected chi connectivity index (χ2v) is 13.6. The predicted octanol–water partition coefficient (Wildman–Crippen LogP) is 7.08. The summed E-state index contributed by atoms with van der Waals surface area (Å²) in [6.07, 6.45) is 4.25. The number of hydrogen-bond donors (Lipinski definition) is 1. The molecular formula is C39H40Cl2FN3O6. The Morgan fingerprint density at radius 2 is 1.63 bits per heavy atom. The molecule has 51 heavy (non-hydrogen) atoms. The molecule has 3 aromatic carbocycles. The number of nitrogens with zero attached hydrogens (tertiary/aromatic N) is 2. The van der Waals surface area contributed by atoms with Crippen molar-refractivity contribution in [1.29, 1.82) is 0 Å². The standard InChI is InChI=1S/C39H40Cl2FN3O6/c1-48-33-12-11-27(18-35(33)49-2)34(19-29-30(40)21-43-22-31(29)41)50-37(46)17-24-7-9-25(10-8-24)20-44-38(28-5-3-4-6-32(28)42)39(47)51-36-23-45-15-13-26(36)14-16-45/h3-12,18,21-22,26,34,36,38,44H,13-17,19-20,23H2,1-2H3/t34-,36-,38?/m0/s1. The SMILES string of the molecule is COc1ccc([C@H](Cc2c(Cl)cncc2Cl)OC(=O)Cc2ccc(CNC(C(=O)O[C@H]3CN4CCC3CC4)c3ccccc3F)cc2)cc1OC. The van der Waals surface area contributed by atoms with Crippen LogP contribution in [0.2, 0.25) is 10.0 Å². The number of carbonyl (C=O) groups excluding carboxylic acids is 2. The third-order valence-electron chi connectivity index (χ3n) is 9.59. The molecule has 1 unspecified atom stereocenters. The van der Waals surface area contributed by atoms with Gasteiger partial charge in [-0.3, -0.25) is 20.0 Å². The molecule has 12 heteroatoms. The van der Waals surface area contributed by atoms with Gasteiger partial charge in [-0.1, -0.05) is 71.7 Å². The number of benzene rings is 3. The molecule has 4 heterocycles. The summed E-state index contributed by atoms with van der Waals surface area (Å²) in [7, 11) is 3.07. The van der Waals surface area contributed by atoms with E-state index in [1.165, 1.54) is 25.6 Å². The molecule has 7 rings (SSSR count). The van der Waals surface area contributed by atoms with E-state index in [1.54, 1.807) is 43.5 Å². The van der Waals surface area contributed by atoms with Crippen molar-refractivity contribution in [3.05, 3.63) is 123 Å². The van der Waals surface area contributed by atoms with E-state index in [0.29, 0.717) is 45.1 Å². The fourth-order valence-electron chi connectivity index (χ4n) is 6.75. The Labute approximate surface area is 307 Å². The number of carbonyl (C=O) groups is 2. The van der Waals surface area contributed by atoms with Crippen molar-refractivity contribution in [2.45, 2.75) is 50.5 Å². The zero-order valence-corrected chi connectivity index (χ0v) is 30.0. The van der Waals surface area contributed by atoms with E-state index in [9.17, 15) is 14.0 Å². The summed E-state index contributed by atoms with van der Waals surface area (Å²) < 4.78 is 37.8. The lowest BCUT2D eigenvalue weighted by atomic mass is 9.86. The third-order valence-corrected chi connectivity index (χ3v) is 10.2. The van der Waals surface area contributed by atoms with Gasteiger partial charge in [-0.15, -0.1) is 0 Å². The van der Waals surface area contributed by atoms with Gasteiger partial charge in [0.1, 0.15) is 24.1 Å². The van der Waals surface area contributed by atoms with Gasteiger partial charge in [0, 0.05) is 37.5 Å². The van der Waals surface area contributed by atoms with E-state index in [4.69, 9.17) is 42.1 Å². The Kier molecular flexibility index (Phi) is 12.1. The molecule has 0 spiro atoms. The lowest BCUT2D eigenvalue weighted by Crippen LogP contribution is -2.52. The highest BCUT2D eigenvalue weighted by atomic mass is 35.5. The summed E-state index contributed by atoms with van der Waals surface area (Å²) in [6, 6.07) is 17.9. The van der Waals surface area contributed by atoms with Gasteiger partial charge in [-0.05, 0) is 72.3 Å². The fourth-order valence-corrected chi connectivity index (χ4v) is 7.27. The van der Waals surface area contributed by atoms with Crippen LogP contribution < -0.4 is 14.8 Å². The van der Waals surface area contributed by atoms with Gasteiger partial charge < -0.3 is 18.9 Å². The summed E-state index contributed by atoms with van der Waals surface area (Å²) in [5.41, 5.74) is 3.07. The minimum atomic E-state index is -0.979. The highest BCUT2D eigenvalue weighted by Gasteiger charge is 2.38. The van der Waals surface area contributed by atoms with Crippen LogP contribution in [0.15, 0.2) is 79.1 Å². The molecule has 0 amide bonds. The van der Waals surface area contributed by atoms with Crippen LogP contribution in [0, 0.1) is 11.7 Å². The number of methoxy groups -OCH3 is 2. The first kappa shape index (κ1) is 36.6. The molecule has 9 nitrogen and oxygen atoms in total. The number of rotatable bonds is 14. The van der Waals surface area contributed by atoms with E-state index in [2.05, 4.69) is 15.2 Å². The zero-order chi connectivity index (χ0) is 35.9. The van der Waals surface area contributed by atoms with E-state index >= 15 is 0 Å². The molecule has 3 aliphatic heterocycles. The van der Waals surface area contributed by atoms with E-state index in [0.717, 1.165) is 37.1 Å². The van der Waals surface area contributed by atoms with Crippen molar-refractivity contribution in [2.24, 2.45) is 5.92 Å². The normalized spacial score (nSPS) is 19.2. The first-order chi connectivity index (χ1) is 24.7. The Hall–Kier alpha value is -4.22. The van der Waals surface area contributed by atoms with Gasteiger partial charge >= 0.3 is 11.9 Å². The van der Waals surface area contributed by atoms with Crippen LogP contribution in [0.25, 0.3) is 0 Å². The maximum absolute atomic E-state index is 14.9. The van der Waals surface area contributed by atoms with Crippen molar-refractivity contribution >= 4 is 35.1 Å². The molecular weight excluding hydrogens is 696 g/mol. The Bertz CT molecular complexity index is 1820. The average Bonchev–Trinajstić information content (AvgIpc) is 3.14. The first-order valence-corrected chi connectivity index (χ1v) is 17.7. The van der Waals surface area contributed by atoms with Crippen molar-refractivity contribution < 1.29 is 32.9 Å². The van der Waals surface area contributed by atoms with Crippen LogP contribution >= 0.6 is 23.2 Å². The lowest BCUT2D eigenvalue weighted by Gasteiger charge is -2.44. The van der Waals surface area contributed by atoms with Crippen LogP contribution in [0.3, 0.4) is 0 Å². The lowest BCUT2D eigenvalue weighted by molar-refractivity contribution is -0.161. The molecule has 0 radical (unpaired) electrons. The Morgan fingerprint density at radius 1 is 0.941 bits per heavy atom. The molecule has 2 bridgehead atoms. The number of halogens is 3. The maximum atomic E-state index is 14.9. The summed E-state index contributed by atoms with van der Waals surface area (Å²) in [5, 5.41) is 3.93. The van der Waals surface area contributed by atoms with Gasteiger partial charge in [0.25, 0.3) is 0 Å². The summed E-state index contributed by atoms with van der Waals surface area (Å²) >= 11 is 12.9. The zero-order valence-electron chi connectivity index (χ0n) is 28.4. The van der Waals surface area contributed by atoms with Crippen LogP contribution in [0.4, 0.5) is 4.39 Å². The van der Waals surface area contributed by atoms with Crippen molar-refractivity contribution in [1.82, 2.24) is 15.2 Å². The minimum absolute atomic E-state index is 0.000934. The molecule has 0 saturated carbocycles. The second-order valence-electron chi connectivity index (χ2n) is 12.8. The first-order valence-electron chi connectivity index (χ1n) is 16.9. The molecule has 4 aromatic rings. The Balaban J connectivity index is 1.12. The second kappa shape index (κ2) is 16.9. The number of hydrogen-bond acceptors (Lipinski definition) is 9. The molecule has 268 valence electrons.